The molecule has 0 aliphatic rings. The average Bonchev–Trinajstić information content (AvgIpc) is 3.82. The van der Waals surface area contributed by atoms with Crippen LogP contribution < -0.4 is 0 Å². The minimum atomic E-state index is 0.711. The average molecular weight is 730 g/mol. The number of thiophene rings is 1. The minimum Gasteiger partial charge on any atom is -0.308 e. The van der Waals surface area contributed by atoms with Gasteiger partial charge >= 0.3 is 0 Å². The molecule has 0 aliphatic heterocycles. The van der Waals surface area contributed by atoms with Crippen LogP contribution in [0, 0.1) is 0 Å². The molecule has 0 radical (unpaired) electrons. The van der Waals surface area contributed by atoms with Crippen molar-refractivity contribution >= 4 is 85.6 Å². The summed E-state index contributed by atoms with van der Waals surface area (Å²) in [5, 5.41) is 12.2. The number of nitrogens with zero attached hydrogens (tertiary/aromatic N) is 3. The molecular weight excluding hydrogens is 699 g/mol. The molecule has 0 atom stereocenters. The Balaban J connectivity index is 1.22. The van der Waals surface area contributed by atoms with Gasteiger partial charge in [0.2, 0.25) is 0 Å². The second-order valence-electron chi connectivity index (χ2n) is 14.6. The van der Waals surface area contributed by atoms with Crippen molar-refractivity contribution < 1.29 is 0 Å². The highest BCUT2D eigenvalue weighted by atomic mass is 32.1. The molecule has 56 heavy (non-hydrogen) atoms. The van der Waals surface area contributed by atoms with E-state index in [0.717, 1.165) is 33.8 Å². The van der Waals surface area contributed by atoms with Crippen molar-refractivity contribution in [1.82, 2.24) is 14.5 Å². The van der Waals surface area contributed by atoms with Gasteiger partial charge < -0.3 is 4.57 Å². The van der Waals surface area contributed by atoms with Crippen LogP contribution in [0.25, 0.3) is 114 Å². The molecule has 0 amide bonds. The van der Waals surface area contributed by atoms with E-state index in [1.807, 2.05) is 11.3 Å². The van der Waals surface area contributed by atoms with Gasteiger partial charge in [0.05, 0.1) is 22.4 Å². The van der Waals surface area contributed by atoms with Gasteiger partial charge in [0.15, 0.2) is 5.82 Å². The molecule has 12 aromatic rings. The largest absolute Gasteiger partial charge is 0.308 e. The summed E-state index contributed by atoms with van der Waals surface area (Å²) >= 11 is 1.82. The fraction of sp³-hybridized carbons (Fsp3) is 0. The SMILES string of the molecule is c1ccc(-c2cc(-c3ccc4ccccc4c3)nc(-c3cc(-n4c5c6ccccc6ccc5c5ccc6ccccc6c54)cc4c3sc3ccccc34)n2)cc1. The standard InChI is InChI=1S/C52H31N3S/c1-2-15-35(16-3-1)46-31-47(37-23-22-32-12-4-5-17-36(32)28-37)54-52(53-46)45-30-38(29-44-41-20-10-11-21-48(41)56-51(44)45)55-49-39-18-8-6-13-33(39)24-26-42(49)43-27-25-34-14-7-9-19-40(34)50(43)55/h1-31H. The first kappa shape index (κ1) is 31.2. The second-order valence-corrected chi connectivity index (χ2v) is 15.6. The first-order valence-corrected chi connectivity index (χ1v) is 19.8. The molecule has 0 saturated heterocycles. The highest BCUT2D eigenvalue weighted by Crippen LogP contribution is 2.45. The fourth-order valence-electron chi connectivity index (χ4n) is 8.72. The molecule has 0 spiro atoms. The third-order valence-corrected chi connectivity index (χ3v) is 12.6. The Morgan fingerprint density at radius 3 is 1.66 bits per heavy atom. The second kappa shape index (κ2) is 12.2. The number of fused-ring (bicyclic) bond motifs is 11. The van der Waals surface area contributed by atoms with E-state index in [2.05, 4.69) is 193 Å². The Morgan fingerprint density at radius 2 is 0.946 bits per heavy atom. The summed E-state index contributed by atoms with van der Waals surface area (Å²) < 4.78 is 4.93. The summed E-state index contributed by atoms with van der Waals surface area (Å²) in [5.41, 5.74) is 8.43. The molecule has 0 bridgehead atoms. The van der Waals surface area contributed by atoms with Gasteiger partial charge in [-0.3, -0.25) is 0 Å². The summed E-state index contributed by atoms with van der Waals surface area (Å²) in [6.07, 6.45) is 0. The first-order valence-electron chi connectivity index (χ1n) is 19.0. The van der Waals surface area contributed by atoms with Crippen molar-refractivity contribution in [2.24, 2.45) is 0 Å². The quantitative estimate of drug-likeness (QED) is 0.181. The zero-order valence-corrected chi connectivity index (χ0v) is 31.0. The lowest BCUT2D eigenvalue weighted by molar-refractivity contribution is 1.17. The maximum Gasteiger partial charge on any atom is 0.161 e. The van der Waals surface area contributed by atoms with Gasteiger partial charge in [-0.25, -0.2) is 9.97 Å². The van der Waals surface area contributed by atoms with E-state index < -0.39 is 0 Å². The molecule has 0 fully saturated rings. The third kappa shape index (κ3) is 4.76. The van der Waals surface area contributed by atoms with E-state index in [1.54, 1.807) is 0 Å². The van der Waals surface area contributed by atoms with E-state index in [0.29, 0.717) is 5.82 Å². The van der Waals surface area contributed by atoms with Gasteiger partial charge in [-0.2, -0.15) is 0 Å². The molecule has 0 saturated carbocycles. The first-order chi connectivity index (χ1) is 27.7. The molecule has 0 aliphatic carbocycles. The van der Waals surface area contributed by atoms with E-state index in [1.165, 1.54) is 74.3 Å². The summed E-state index contributed by atoms with van der Waals surface area (Å²) in [4.78, 5) is 10.9. The maximum atomic E-state index is 5.46. The third-order valence-electron chi connectivity index (χ3n) is 11.3. The van der Waals surface area contributed by atoms with E-state index in [9.17, 15) is 0 Å². The topological polar surface area (TPSA) is 30.7 Å². The van der Waals surface area contributed by atoms with Crippen LogP contribution in [-0.4, -0.2) is 14.5 Å². The van der Waals surface area contributed by atoms with Gasteiger partial charge in [-0.15, -0.1) is 11.3 Å². The highest BCUT2D eigenvalue weighted by molar-refractivity contribution is 7.26. The number of rotatable bonds is 4. The van der Waals surface area contributed by atoms with Crippen LogP contribution >= 0.6 is 11.3 Å². The lowest BCUT2D eigenvalue weighted by Gasteiger charge is -2.15. The zero-order valence-electron chi connectivity index (χ0n) is 30.1. The fourth-order valence-corrected chi connectivity index (χ4v) is 9.92. The Hall–Kier alpha value is -7.14. The zero-order chi connectivity index (χ0) is 36.7. The predicted octanol–water partition coefficient (Wildman–Crippen LogP) is 14.4. The number of benzene rings is 9. The molecule has 260 valence electrons. The molecule has 12 rings (SSSR count). The Kier molecular flexibility index (Phi) is 6.80. The van der Waals surface area contributed by atoms with Crippen molar-refractivity contribution in [2.75, 3.05) is 0 Å². The molecule has 4 heteroatoms. The monoisotopic (exact) mass is 729 g/mol. The Bertz CT molecular complexity index is 3450. The van der Waals surface area contributed by atoms with Crippen molar-refractivity contribution in [3.05, 3.63) is 188 Å². The normalized spacial score (nSPS) is 11.9. The number of hydrogen-bond donors (Lipinski definition) is 0. The van der Waals surface area contributed by atoms with Crippen LogP contribution in [0.1, 0.15) is 0 Å². The van der Waals surface area contributed by atoms with Crippen molar-refractivity contribution in [1.29, 1.82) is 0 Å². The van der Waals surface area contributed by atoms with Crippen LogP contribution in [-0.2, 0) is 0 Å². The summed E-state index contributed by atoms with van der Waals surface area (Å²) in [7, 11) is 0. The highest BCUT2D eigenvalue weighted by Gasteiger charge is 2.22. The van der Waals surface area contributed by atoms with Gasteiger partial charge in [0.1, 0.15) is 0 Å². The Labute approximate surface area is 326 Å². The number of hydrogen-bond acceptors (Lipinski definition) is 3. The van der Waals surface area contributed by atoms with Crippen LogP contribution in [0.2, 0.25) is 0 Å². The molecule has 3 nitrogen and oxygen atoms in total. The van der Waals surface area contributed by atoms with E-state index in [-0.39, 0.29) is 0 Å². The van der Waals surface area contributed by atoms with Crippen LogP contribution in [0.3, 0.4) is 0 Å². The van der Waals surface area contributed by atoms with Crippen LogP contribution in [0.5, 0.6) is 0 Å². The number of aromatic nitrogens is 3. The van der Waals surface area contributed by atoms with E-state index in [4.69, 9.17) is 9.97 Å². The smallest absolute Gasteiger partial charge is 0.161 e. The molecule has 3 heterocycles. The van der Waals surface area contributed by atoms with Gasteiger partial charge in [0.25, 0.3) is 0 Å². The summed E-state index contributed by atoms with van der Waals surface area (Å²) in [6.45, 7) is 0. The van der Waals surface area contributed by atoms with Gasteiger partial charge in [-0.1, -0.05) is 158 Å². The minimum absolute atomic E-state index is 0.711. The molecule has 9 aromatic carbocycles. The molecular formula is C52H31N3S. The molecule has 0 N–H and O–H groups in total. The summed E-state index contributed by atoms with van der Waals surface area (Å²) in [6, 6.07) is 67.9. The maximum absolute atomic E-state index is 5.46. The predicted molar refractivity (Wildman–Crippen MR) is 238 cm³/mol. The van der Waals surface area contributed by atoms with Gasteiger partial charge in [-0.05, 0) is 51.9 Å². The van der Waals surface area contributed by atoms with Crippen molar-refractivity contribution in [2.45, 2.75) is 0 Å². The van der Waals surface area contributed by atoms with Crippen molar-refractivity contribution in [3.63, 3.8) is 0 Å². The molecule has 0 unspecified atom stereocenters. The Morgan fingerprint density at radius 1 is 0.375 bits per heavy atom. The van der Waals surface area contributed by atoms with Crippen LogP contribution in [0.4, 0.5) is 0 Å². The van der Waals surface area contributed by atoms with E-state index >= 15 is 0 Å². The van der Waals surface area contributed by atoms with Gasteiger partial charge in [0, 0.05) is 64.1 Å². The van der Waals surface area contributed by atoms with Crippen LogP contribution in [0.15, 0.2) is 188 Å². The lowest BCUT2D eigenvalue weighted by atomic mass is 10.0. The lowest BCUT2D eigenvalue weighted by Crippen LogP contribution is -1.99. The van der Waals surface area contributed by atoms with Crippen molar-refractivity contribution in [3.8, 4) is 39.6 Å². The molecule has 3 aromatic heterocycles. The summed E-state index contributed by atoms with van der Waals surface area (Å²) in [5.74, 6) is 0.711.